The van der Waals surface area contributed by atoms with Crippen molar-refractivity contribution in [3.63, 3.8) is 0 Å². The van der Waals surface area contributed by atoms with E-state index >= 15 is 0 Å². The molecule has 15 heavy (non-hydrogen) atoms. The first-order chi connectivity index (χ1) is 7.21. The van der Waals surface area contributed by atoms with E-state index in [1.54, 1.807) is 13.2 Å². The highest BCUT2D eigenvalue weighted by molar-refractivity contribution is 6.93. The van der Waals surface area contributed by atoms with Gasteiger partial charge in [-0.1, -0.05) is 50.0 Å². The van der Waals surface area contributed by atoms with Crippen LogP contribution in [0.25, 0.3) is 0 Å². The van der Waals surface area contributed by atoms with E-state index < -0.39 is 0 Å². The van der Waals surface area contributed by atoms with E-state index in [2.05, 4.69) is 18.7 Å². The van der Waals surface area contributed by atoms with Crippen LogP contribution in [0.1, 0.15) is 20.8 Å². The molecular formula is C13H17B2. The molecule has 0 aliphatic rings. The molecule has 0 rings (SSSR count). The molecule has 2 heteroatoms. The summed E-state index contributed by atoms with van der Waals surface area (Å²) in [6.07, 6.45) is 11.8. The van der Waals surface area contributed by atoms with Crippen LogP contribution in [-0.2, 0) is 0 Å². The Morgan fingerprint density at radius 3 is 2.33 bits per heavy atom. The summed E-state index contributed by atoms with van der Waals surface area (Å²) in [5.41, 5.74) is 3.34. The molecule has 0 saturated heterocycles. The second kappa shape index (κ2) is 8.16. The lowest BCUT2D eigenvalue weighted by molar-refractivity contribution is 1.43. The molecule has 0 amide bonds. The molecule has 3 radical (unpaired) electrons. The molecule has 0 saturated carbocycles. The van der Waals surface area contributed by atoms with Gasteiger partial charge in [0, 0.05) is 7.74 Å². The molecule has 0 aliphatic heterocycles. The third kappa shape index (κ3) is 4.73. The number of rotatable bonds is 5. The van der Waals surface area contributed by atoms with Crippen LogP contribution in [0.2, 0.25) is 0 Å². The summed E-state index contributed by atoms with van der Waals surface area (Å²) in [4.78, 5) is 0. The van der Waals surface area contributed by atoms with Crippen molar-refractivity contribution < 1.29 is 0 Å². The zero-order valence-electron chi connectivity index (χ0n) is 9.83. The Kier molecular flexibility index (Phi) is 7.53. The van der Waals surface area contributed by atoms with E-state index in [4.69, 9.17) is 7.74 Å². The third-order valence-electron chi connectivity index (χ3n) is 2.04. The fraction of sp³-hybridized carbons (Fsp3) is 0.231. The number of hydrogen-bond donors (Lipinski definition) is 0. The first-order valence-electron chi connectivity index (χ1n) is 5.05. The molecule has 0 heterocycles. The number of hydrogen-bond acceptors (Lipinski definition) is 0. The van der Waals surface area contributed by atoms with Gasteiger partial charge in [0.15, 0.2) is 0 Å². The van der Waals surface area contributed by atoms with Gasteiger partial charge in [0.05, 0.1) is 7.17 Å². The normalized spacial score (nSPS) is 14.5. The highest BCUT2D eigenvalue weighted by Gasteiger charge is 2.00. The summed E-state index contributed by atoms with van der Waals surface area (Å²) in [5.74, 6) is 0. The van der Waals surface area contributed by atoms with Crippen LogP contribution in [0.4, 0.5) is 0 Å². The van der Waals surface area contributed by atoms with Crippen LogP contribution < -0.4 is 0 Å². The molecule has 0 fully saturated rings. The Morgan fingerprint density at radius 1 is 1.27 bits per heavy atom. The predicted octanol–water partition coefficient (Wildman–Crippen LogP) is 3.31. The Morgan fingerprint density at radius 2 is 1.93 bits per heavy atom. The smallest absolute Gasteiger partial charge is 0.0905 e. The molecule has 0 bridgehead atoms. The fourth-order valence-electron chi connectivity index (χ4n) is 1.23. The summed E-state index contributed by atoms with van der Waals surface area (Å²) in [5, 5.41) is 0. The van der Waals surface area contributed by atoms with Crippen LogP contribution in [-0.4, -0.2) is 14.9 Å². The van der Waals surface area contributed by atoms with Crippen molar-refractivity contribution in [2.75, 3.05) is 0 Å². The van der Waals surface area contributed by atoms with Crippen LogP contribution in [0.3, 0.4) is 0 Å². The largest absolute Gasteiger partial charge is 0.114 e. The van der Waals surface area contributed by atoms with E-state index in [1.807, 2.05) is 39.0 Å². The van der Waals surface area contributed by atoms with E-state index in [1.165, 1.54) is 0 Å². The Labute approximate surface area is 95.8 Å². The average molecular weight is 195 g/mol. The molecule has 0 N–H and O–H groups in total. The van der Waals surface area contributed by atoms with Gasteiger partial charge in [-0.2, -0.15) is 0 Å². The predicted molar refractivity (Wildman–Crippen MR) is 72.1 cm³/mol. The second-order valence-corrected chi connectivity index (χ2v) is 3.10. The summed E-state index contributed by atoms with van der Waals surface area (Å²) < 4.78 is 0. The van der Waals surface area contributed by atoms with Gasteiger partial charge in [-0.15, -0.1) is 5.47 Å². The minimum absolute atomic E-state index is 1.05. The quantitative estimate of drug-likeness (QED) is 0.466. The molecule has 0 aromatic rings. The zero-order chi connectivity index (χ0) is 11.7. The van der Waals surface area contributed by atoms with Crippen molar-refractivity contribution in [3.8, 4) is 0 Å². The van der Waals surface area contributed by atoms with Crippen molar-refractivity contribution in [3.05, 3.63) is 59.7 Å². The van der Waals surface area contributed by atoms with Gasteiger partial charge in [0.1, 0.15) is 0 Å². The van der Waals surface area contributed by atoms with E-state index in [9.17, 15) is 0 Å². The third-order valence-corrected chi connectivity index (χ3v) is 2.04. The van der Waals surface area contributed by atoms with Gasteiger partial charge < -0.3 is 0 Å². The Hall–Kier alpha value is -1.17. The van der Waals surface area contributed by atoms with E-state index in [0.717, 1.165) is 16.6 Å². The molecule has 0 spiro atoms. The SMILES string of the molecule is [B][B]/C(C)=C(/C=C\C=C)C(\C=C/C)=C/C. The van der Waals surface area contributed by atoms with Gasteiger partial charge in [-0.25, -0.2) is 0 Å². The monoisotopic (exact) mass is 195 g/mol. The highest BCUT2D eigenvalue weighted by atomic mass is 14.0. The molecule has 0 unspecified atom stereocenters. The van der Waals surface area contributed by atoms with E-state index in [0.29, 0.717) is 0 Å². The standard InChI is InChI=1S/C13H17B2/c1-5-8-10-13(11(4)15-14)12(7-3)9-6-2/h5-10H,1H2,2-4H3/b9-6-,10-8-,12-7-,13-11-. The fourth-order valence-corrected chi connectivity index (χ4v) is 1.23. The van der Waals surface area contributed by atoms with Gasteiger partial charge in [-0.3, -0.25) is 0 Å². The van der Waals surface area contributed by atoms with Gasteiger partial charge in [0.25, 0.3) is 0 Å². The van der Waals surface area contributed by atoms with Crippen LogP contribution in [0.5, 0.6) is 0 Å². The minimum atomic E-state index is 1.05. The van der Waals surface area contributed by atoms with Gasteiger partial charge >= 0.3 is 0 Å². The second-order valence-electron chi connectivity index (χ2n) is 3.10. The Bertz CT molecular complexity index is 317. The van der Waals surface area contributed by atoms with Gasteiger partial charge in [-0.05, 0) is 25.0 Å². The van der Waals surface area contributed by atoms with Crippen LogP contribution in [0, 0.1) is 0 Å². The maximum Gasteiger partial charge on any atom is 0.0905 e. The van der Waals surface area contributed by atoms with Crippen LogP contribution in [0.15, 0.2) is 59.7 Å². The molecule has 0 atom stereocenters. The lowest BCUT2D eigenvalue weighted by atomic mass is 9.50. The van der Waals surface area contributed by atoms with Crippen molar-refractivity contribution in [1.82, 2.24) is 0 Å². The van der Waals surface area contributed by atoms with Crippen molar-refractivity contribution in [2.24, 2.45) is 0 Å². The number of allylic oxidation sites excluding steroid dienone is 9. The summed E-state index contributed by atoms with van der Waals surface area (Å²) >= 11 is 0. The first kappa shape index (κ1) is 13.8. The van der Waals surface area contributed by atoms with Crippen molar-refractivity contribution in [2.45, 2.75) is 20.8 Å². The Balaban J connectivity index is 5.28. The van der Waals surface area contributed by atoms with Crippen LogP contribution >= 0.6 is 0 Å². The van der Waals surface area contributed by atoms with E-state index in [-0.39, 0.29) is 0 Å². The maximum absolute atomic E-state index is 5.54. The highest BCUT2D eigenvalue weighted by Crippen LogP contribution is 2.17. The molecule has 0 nitrogen and oxygen atoms in total. The molecule has 0 aliphatic carbocycles. The molecular weight excluding hydrogens is 178 g/mol. The molecule has 0 aromatic heterocycles. The topological polar surface area (TPSA) is 0 Å². The lowest BCUT2D eigenvalue weighted by Gasteiger charge is -2.08. The summed E-state index contributed by atoms with van der Waals surface area (Å²) in [6, 6.07) is 0. The zero-order valence-corrected chi connectivity index (χ0v) is 9.83. The van der Waals surface area contributed by atoms with Crippen molar-refractivity contribution >= 4 is 14.9 Å². The summed E-state index contributed by atoms with van der Waals surface area (Å²) in [6.45, 7) is 9.67. The van der Waals surface area contributed by atoms with Gasteiger partial charge in [0.2, 0.25) is 0 Å². The first-order valence-corrected chi connectivity index (χ1v) is 5.05. The molecule has 75 valence electrons. The minimum Gasteiger partial charge on any atom is -0.114 e. The average Bonchev–Trinajstić information content (AvgIpc) is 2.27. The molecule has 0 aromatic carbocycles. The summed E-state index contributed by atoms with van der Waals surface area (Å²) in [7, 11) is 7.16. The van der Waals surface area contributed by atoms with Crippen molar-refractivity contribution in [1.29, 1.82) is 0 Å². The lowest BCUT2D eigenvalue weighted by Crippen LogP contribution is -1.97. The maximum atomic E-state index is 5.54.